The topological polar surface area (TPSA) is 53.4 Å². The van der Waals surface area contributed by atoms with E-state index in [-0.39, 0.29) is 5.91 Å². The van der Waals surface area contributed by atoms with Gasteiger partial charge >= 0.3 is 0 Å². The lowest BCUT2D eigenvalue weighted by Crippen LogP contribution is -2.43. The maximum atomic E-state index is 12.8. The van der Waals surface area contributed by atoms with E-state index < -0.39 is 0 Å². The number of hydrogen-bond donors (Lipinski definition) is 1. The molecule has 1 saturated heterocycles. The van der Waals surface area contributed by atoms with Gasteiger partial charge in [0.2, 0.25) is 0 Å². The smallest absolute Gasteiger partial charge is 0.255 e. The summed E-state index contributed by atoms with van der Waals surface area (Å²) in [6.07, 6.45) is 1.81. The van der Waals surface area contributed by atoms with Gasteiger partial charge in [0, 0.05) is 49.7 Å². The number of imidazole rings is 1. The summed E-state index contributed by atoms with van der Waals surface area (Å²) in [4.78, 5) is 22.1. The molecule has 1 aliphatic heterocycles. The van der Waals surface area contributed by atoms with Crippen molar-refractivity contribution in [3.8, 4) is 5.69 Å². The van der Waals surface area contributed by atoms with Crippen molar-refractivity contribution in [2.45, 2.75) is 6.54 Å². The van der Waals surface area contributed by atoms with Crippen LogP contribution < -0.4 is 5.32 Å². The van der Waals surface area contributed by atoms with Crippen LogP contribution >= 0.6 is 0 Å². The Balaban J connectivity index is 1.26. The van der Waals surface area contributed by atoms with Crippen LogP contribution in [0, 0.1) is 0 Å². The second-order valence-electron chi connectivity index (χ2n) is 8.38. The second-order valence-corrected chi connectivity index (χ2v) is 8.38. The van der Waals surface area contributed by atoms with Gasteiger partial charge in [-0.15, -0.1) is 0 Å². The highest BCUT2D eigenvalue weighted by Crippen LogP contribution is 2.19. The number of hydrogen-bond acceptors (Lipinski definition) is 4. The van der Waals surface area contributed by atoms with E-state index >= 15 is 0 Å². The van der Waals surface area contributed by atoms with Crippen molar-refractivity contribution in [3.05, 3.63) is 90.3 Å². The van der Waals surface area contributed by atoms with E-state index in [1.807, 2.05) is 71.6 Å². The van der Waals surface area contributed by atoms with Gasteiger partial charge in [0.05, 0.1) is 11.0 Å². The van der Waals surface area contributed by atoms with Crippen LogP contribution in [0.3, 0.4) is 0 Å². The lowest BCUT2D eigenvalue weighted by Gasteiger charge is -2.32. The number of amides is 1. The van der Waals surface area contributed by atoms with Crippen LogP contribution in [-0.4, -0.2) is 58.5 Å². The molecule has 0 atom stereocenters. The first-order chi connectivity index (χ1) is 15.7. The minimum absolute atomic E-state index is 0.108. The Hall–Kier alpha value is -3.48. The molecule has 6 heteroatoms. The van der Waals surface area contributed by atoms with Crippen molar-refractivity contribution >= 4 is 22.6 Å². The van der Waals surface area contributed by atoms with Crippen molar-refractivity contribution in [3.63, 3.8) is 0 Å². The molecule has 2 heterocycles. The first-order valence-corrected chi connectivity index (χ1v) is 11.0. The zero-order valence-electron chi connectivity index (χ0n) is 18.2. The molecular formula is C26H27N5O. The maximum Gasteiger partial charge on any atom is 0.255 e. The predicted molar refractivity (Wildman–Crippen MR) is 128 cm³/mol. The SMILES string of the molecule is CN1CCN(Cc2cccc(NC(=O)c3ccc(-n4cnc5ccccc54)cc3)c2)CC1. The average molecular weight is 426 g/mol. The Bertz CT molecular complexity index is 1220. The number of anilines is 1. The van der Waals surface area contributed by atoms with Crippen LogP contribution in [-0.2, 0) is 6.54 Å². The highest BCUT2D eigenvalue weighted by molar-refractivity contribution is 6.04. The molecule has 0 saturated carbocycles. The molecule has 0 unspecified atom stereocenters. The Labute approximate surface area is 188 Å². The van der Waals surface area contributed by atoms with E-state index in [4.69, 9.17) is 0 Å². The molecule has 1 amide bonds. The van der Waals surface area contributed by atoms with Gasteiger partial charge in [-0.1, -0.05) is 24.3 Å². The molecule has 1 aromatic heterocycles. The number of fused-ring (bicyclic) bond motifs is 1. The van der Waals surface area contributed by atoms with Crippen molar-refractivity contribution in [2.75, 3.05) is 38.5 Å². The summed E-state index contributed by atoms with van der Waals surface area (Å²) in [5.41, 5.74) is 5.64. The number of aromatic nitrogens is 2. The predicted octanol–water partition coefficient (Wildman–Crippen LogP) is 4.03. The van der Waals surface area contributed by atoms with Crippen LogP contribution in [0.2, 0.25) is 0 Å². The van der Waals surface area contributed by atoms with Gasteiger partial charge in [0.25, 0.3) is 5.91 Å². The Morgan fingerprint density at radius 1 is 0.938 bits per heavy atom. The molecule has 4 aromatic rings. The maximum absolute atomic E-state index is 12.8. The van der Waals surface area contributed by atoms with Gasteiger partial charge in [0.15, 0.2) is 0 Å². The Kier molecular flexibility index (Phi) is 5.71. The lowest BCUT2D eigenvalue weighted by molar-refractivity contribution is 0.102. The van der Waals surface area contributed by atoms with Gasteiger partial charge in [-0.05, 0) is 61.1 Å². The molecule has 0 aliphatic carbocycles. The normalized spacial score (nSPS) is 15.2. The van der Waals surface area contributed by atoms with Gasteiger partial charge in [-0.3, -0.25) is 14.3 Å². The van der Waals surface area contributed by atoms with Gasteiger partial charge in [-0.25, -0.2) is 4.98 Å². The Morgan fingerprint density at radius 2 is 1.72 bits per heavy atom. The molecular weight excluding hydrogens is 398 g/mol. The van der Waals surface area contributed by atoms with E-state index in [9.17, 15) is 4.79 Å². The molecule has 1 N–H and O–H groups in total. The lowest BCUT2D eigenvalue weighted by atomic mass is 10.1. The third kappa shape index (κ3) is 4.42. The Morgan fingerprint density at radius 3 is 2.53 bits per heavy atom. The number of rotatable bonds is 5. The minimum atomic E-state index is -0.108. The van der Waals surface area contributed by atoms with Crippen molar-refractivity contribution in [1.29, 1.82) is 0 Å². The summed E-state index contributed by atoms with van der Waals surface area (Å²) in [5, 5.41) is 3.04. The number of nitrogens with zero attached hydrogens (tertiary/aromatic N) is 4. The summed E-state index contributed by atoms with van der Waals surface area (Å²) in [6, 6.07) is 23.8. The summed E-state index contributed by atoms with van der Waals surface area (Å²) in [5.74, 6) is -0.108. The number of carbonyl (C=O) groups is 1. The number of carbonyl (C=O) groups excluding carboxylic acids is 1. The van der Waals surface area contributed by atoms with E-state index in [1.54, 1.807) is 0 Å². The summed E-state index contributed by atoms with van der Waals surface area (Å²) >= 11 is 0. The van der Waals surface area contributed by atoms with Crippen molar-refractivity contribution in [2.24, 2.45) is 0 Å². The van der Waals surface area contributed by atoms with Crippen LogP contribution in [0.1, 0.15) is 15.9 Å². The summed E-state index contributed by atoms with van der Waals surface area (Å²) in [6.45, 7) is 5.25. The summed E-state index contributed by atoms with van der Waals surface area (Å²) < 4.78 is 2.03. The molecule has 1 aliphatic rings. The van der Waals surface area contributed by atoms with E-state index in [2.05, 4.69) is 39.3 Å². The molecule has 1 fully saturated rings. The van der Waals surface area contributed by atoms with E-state index in [0.29, 0.717) is 5.56 Å². The molecule has 6 nitrogen and oxygen atoms in total. The van der Waals surface area contributed by atoms with Crippen LogP contribution in [0.15, 0.2) is 79.1 Å². The number of benzene rings is 3. The number of piperazine rings is 1. The fourth-order valence-electron chi connectivity index (χ4n) is 4.15. The van der Waals surface area contributed by atoms with Gasteiger partial charge < -0.3 is 10.2 Å². The molecule has 0 radical (unpaired) electrons. The van der Waals surface area contributed by atoms with E-state index in [1.165, 1.54) is 5.56 Å². The molecule has 0 bridgehead atoms. The van der Waals surface area contributed by atoms with Crippen molar-refractivity contribution < 1.29 is 4.79 Å². The molecule has 0 spiro atoms. The van der Waals surface area contributed by atoms with Crippen LogP contribution in [0.5, 0.6) is 0 Å². The zero-order chi connectivity index (χ0) is 21.9. The quantitative estimate of drug-likeness (QED) is 0.525. The third-order valence-corrected chi connectivity index (χ3v) is 6.05. The van der Waals surface area contributed by atoms with Gasteiger partial charge in [0.1, 0.15) is 6.33 Å². The average Bonchev–Trinajstić information content (AvgIpc) is 3.25. The van der Waals surface area contributed by atoms with Gasteiger partial charge in [-0.2, -0.15) is 0 Å². The highest BCUT2D eigenvalue weighted by atomic mass is 16.1. The third-order valence-electron chi connectivity index (χ3n) is 6.05. The fraction of sp³-hybridized carbons (Fsp3) is 0.231. The van der Waals surface area contributed by atoms with Crippen LogP contribution in [0.25, 0.3) is 16.7 Å². The zero-order valence-corrected chi connectivity index (χ0v) is 18.2. The van der Waals surface area contributed by atoms with Crippen molar-refractivity contribution in [1.82, 2.24) is 19.4 Å². The number of para-hydroxylation sites is 2. The highest BCUT2D eigenvalue weighted by Gasteiger charge is 2.14. The molecule has 32 heavy (non-hydrogen) atoms. The second kappa shape index (κ2) is 8.94. The summed E-state index contributed by atoms with van der Waals surface area (Å²) in [7, 11) is 2.16. The first-order valence-electron chi connectivity index (χ1n) is 11.0. The first kappa shape index (κ1) is 20.4. The molecule has 5 rings (SSSR count). The number of likely N-dealkylation sites (N-methyl/N-ethyl adjacent to an activating group) is 1. The minimum Gasteiger partial charge on any atom is -0.322 e. The largest absolute Gasteiger partial charge is 0.322 e. The van der Waals surface area contributed by atoms with E-state index in [0.717, 1.165) is 55.1 Å². The molecule has 162 valence electrons. The monoisotopic (exact) mass is 425 g/mol. The van der Waals surface area contributed by atoms with Crippen LogP contribution in [0.4, 0.5) is 5.69 Å². The standard InChI is InChI=1S/C26H27N5O/c1-29-13-15-30(16-14-29)18-20-5-4-6-22(17-20)28-26(32)21-9-11-23(12-10-21)31-19-27-24-7-2-3-8-25(24)31/h2-12,17,19H,13-16,18H2,1H3,(H,28,32). The molecule has 3 aromatic carbocycles. The number of nitrogens with one attached hydrogen (secondary N) is 1. The fourth-order valence-corrected chi connectivity index (χ4v) is 4.15.